The maximum atomic E-state index is 14.3. The van der Waals surface area contributed by atoms with Crippen molar-refractivity contribution in [3.8, 4) is 0 Å². The molecule has 1 spiro atoms. The summed E-state index contributed by atoms with van der Waals surface area (Å²) in [4.78, 5) is 48.0. The molecule has 4 aliphatic heterocycles. The summed E-state index contributed by atoms with van der Waals surface area (Å²) in [5, 5.41) is 9.39. The van der Waals surface area contributed by atoms with Crippen LogP contribution in [-0.4, -0.2) is 82.2 Å². The molecule has 0 aromatic heterocycles. The van der Waals surface area contributed by atoms with Gasteiger partial charge in [0.25, 0.3) is 0 Å². The average molecular weight is 522 g/mol. The number of rotatable bonds is 8. The third-order valence-corrected chi connectivity index (χ3v) is 8.70. The number of nitrogens with zero attached hydrogens (tertiary/aromatic N) is 3. The highest BCUT2D eigenvalue weighted by atomic mass is 16.5. The fraction of sp³-hybridized carbons (Fsp3) is 0.567. The zero-order valence-electron chi connectivity index (χ0n) is 22.6. The van der Waals surface area contributed by atoms with E-state index in [1.165, 1.54) is 0 Å². The molecular weight excluding hydrogens is 482 g/mol. The van der Waals surface area contributed by atoms with Gasteiger partial charge < -0.3 is 24.5 Å². The van der Waals surface area contributed by atoms with Crippen LogP contribution in [0.1, 0.15) is 46.5 Å². The molecule has 1 aromatic rings. The molecule has 4 heterocycles. The van der Waals surface area contributed by atoms with Gasteiger partial charge in [-0.05, 0) is 45.2 Å². The van der Waals surface area contributed by atoms with Crippen molar-refractivity contribution in [2.45, 2.75) is 69.7 Å². The number of unbranched alkanes of at least 4 members (excludes halogenated alkanes) is 1. The summed E-state index contributed by atoms with van der Waals surface area (Å²) in [6.07, 6.45) is 10.6. The monoisotopic (exact) mass is 521 g/mol. The van der Waals surface area contributed by atoms with Crippen LogP contribution < -0.4 is 4.90 Å². The standard InChI is InChI=1S/C30H39N3O5/c1-4-12-21(2)31-18-11-16-30-24(27(36)33(17-8-9-20-34)25(30)28(31)37)23-26(35)32(22-13-6-5-7-14-22)19-10-15-29(23,3)38-30/h5-7,10-11,13-16,21,23-25,34H,4,8-9,12,17-20H2,1-3H3/t21?,23-,24-,25?,29+,30-/m0/s1. The first kappa shape index (κ1) is 26.6. The molecule has 38 heavy (non-hydrogen) atoms. The fourth-order valence-electron chi connectivity index (χ4n) is 6.98. The van der Waals surface area contributed by atoms with Crippen molar-refractivity contribution < 1.29 is 24.2 Å². The Morgan fingerprint density at radius 3 is 2.45 bits per heavy atom. The summed E-state index contributed by atoms with van der Waals surface area (Å²) in [7, 11) is 0. The summed E-state index contributed by atoms with van der Waals surface area (Å²) < 4.78 is 6.87. The maximum absolute atomic E-state index is 14.3. The Morgan fingerprint density at radius 2 is 1.74 bits per heavy atom. The lowest BCUT2D eigenvalue weighted by molar-refractivity contribution is -0.152. The van der Waals surface area contributed by atoms with E-state index >= 15 is 0 Å². The molecule has 5 rings (SSSR count). The van der Waals surface area contributed by atoms with Crippen LogP contribution >= 0.6 is 0 Å². The van der Waals surface area contributed by atoms with Crippen LogP contribution in [0.2, 0.25) is 0 Å². The van der Waals surface area contributed by atoms with Crippen molar-refractivity contribution in [1.29, 1.82) is 0 Å². The molecule has 0 radical (unpaired) electrons. The number of fused-ring (bicyclic) bond motifs is 2. The number of para-hydroxylation sites is 1. The van der Waals surface area contributed by atoms with Gasteiger partial charge in [-0.1, -0.05) is 55.8 Å². The predicted molar refractivity (Wildman–Crippen MR) is 144 cm³/mol. The second kappa shape index (κ2) is 10.3. The highest BCUT2D eigenvalue weighted by molar-refractivity contribution is 6.04. The van der Waals surface area contributed by atoms with E-state index in [1.807, 2.05) is 73.4 Å². The molecule has 0 saturated carbocycles. The normalized spacial score (nSPS) is 33.2. The highest BCUT2D eigenvalue weighted by Gasteiger charge is 2.74. The number of anilines is 1. The van der Waals surface area contributed by atoms with Crippen LogP contribution in [-0.2, 0) is 19.1 Å². The molecule has 2 fully saturated rings. The SMILES string of the molecule is CCCC(C)N1CC=C[C@]23O[C@]4(C)C=CCN(c5ccccc5)C(=O)[C@@H]4[C@H]2C(=O)N(CCCCO)C3C1=O. The Morgan fingerprint density at radius 1 is 1.00 bits per heavy atom. The van der Waals surface area contributed by atoms with Crippen LogP contribution in [0.5, 0.6) is 0 Å². The molecule has 1 N–H and O–H groups in total. The lowest BCUT2D eigenvalue weighted by Crippen LogP contribution is -2.57. The quantitative estimate of drug-likeness (QED) is 0.420. The molecule has 0 bridgehead atoms. The highest BCUT2D eigenvalue weighted by Crippen LogP contribution is 2.57. The number of aliphatic hydroxyl groups is 1. The molecular formula is C30H39N3O5. The van der Waals surface area contributed by atoms with E-state index < -0.39 is 29.1 Å². The van der Waals surface area contributed by atoms with Crippen molar-refractivity contribution in [2.24, 2.45) is 11.8 Å². The minimum Gasteiger partial charge on any atom is -0.396 e. The van der Waals surface area contributed by atoms with Crippen LogP contribution in [0.15, 0.2) is 54.6 Å². The zero-order chi connectivity index (χ0) is 27.1. The third-order valence-electron chi connectivity index (χ3n) is 8.70. The first-order valence-electron chi connectivity index (χ1n) is 13.9. The van der Waals surface area contributed by atoms with Gasteiger partial charge in [0.2, 0.25) is 17.7 Å². The summed E-state index contributed by atoms with van der Waals surface area (Å²) in [5.41, 5.74) is -1.51. The van der Waals surface area contributed by atoms with E-state index in [2.05, 4.69) is 6.92 Å². The molecule has 4 aliphatic rings. The molecule has 2 unspecified atom stereocenters. The van der Waals surface area contributed by atoms with Gasteiger partial charge in [0.15, 0.2) is 0 Å². The summed E-state index contributed by atoms with van der Waals surface area (Å²) in [6.45, 7) is 7.17. The molecule has 6 atom stereocenters. The lowest BCUT2D eigenvalue weighted by atomic mass is 9.74. The van der Waals surface area contributed by atoms with Crippen LogP contribution in [0.25, 0.3) is 0 Å². The largest absolute Gasteiger partial charge is 0.396 e. The van der Waals surface area contributed by atoms with Crippen molar-refractivity contribution in [2.75, 3.05) is 31.1 Å². The van der Waals surface area contributed by atoms with Crippen LogP contribution in [0, 0.1) is 11.8 Å². The maximum Gasteiger partial charge on any atom is 0.249 e. The van der Waals surface area contributed by atoms with Crippen LogP contribution in [0.4, 0.5) is 5.69 Å². The number of ether oxygens (including phenoxy) is 1. The Kier molecular flexibility index (Phi) is 7.22. The van der Waals surface area contributed by atoms with E-state index in [-0.39, 0.29) is 30.4 Å². The van der Waals surface area contributed by atoms with E-state index in [9.17, 15) is 19.5 Å². The predicted octanol–water partition coefficient (Wildman–Crippen LogP) is 2.92. The van der Waals surface area contributed by atoms with Gasteiger partial charge in [-0.15, -0.1) is 0 Å². The van der Waals surface area contributed by atoms with E-state index in [1.54, 1.807) is 9.80 Å². The number of likely N-dealkylation sites (tertiary alicyclic amines) is 1. The number of amides is 3. The molecule has 8 heteroatoms. The Hall–Kier alpha value is -2.97. The summed E-state index contributed by atoms with van der Waals surface area (Å²) >= 11 is 0. The smallest absolute Gasteiger partial charge is 0.249 e. The Balaban J connectivity index is 1.60. The van der Waals surface area contributed by atoms with E-state index in [0.717, 1.165) is 18.5 Å². The molecule has 0 aliphatic carbocycles. The fourth-order valence-corrected chi connectivity index (χ4v) is 6.98. The van der Waals surface area contributed by atoms with Gasteiger partial charge in [0, 0.05) is 38.0 Å². The molecule has 1 aromatic carbocycles. The third kappa shape index (κ3) is 4.09. The van der Waals surface area contributed by atoms with Gasteiger partial charge in [0.1, 0.15) is 11.6 Å². The number of hydrogen-bond donors (Lipinski definition) is 1. The number of benzene rings is 1. The van der Waals surface area contributed by atoms with Crippen LogP contribution in [0.3, 0.4) is 0 Å². The first-order chi connectivity index (χ1) is 18.3. The van der Waals surface area contributed by atoms with Gasteiger partial charge in [-0.3, -0.25) is 14.4 Å². The van der Waals surface area contributed by atoms with E-state index in [0.29, 0.717) is 32.5 Å². The van der Waals surface area contributed by atoms with Crippen molar-refractivity contribution in [1.82, 2.24) is 9.80 Å². The zero-order valence-corrected chi connectivity index (χ0v) is 22.6. The topological polar surface area (TPSA) is 90.4 Å². The number of carbonyl (C=O) groups is 3. The number of carbonyl (C=O) groups excluding carboxylic acids is 3. The summed E-state index contributed by atoms with van der Waals surface area (Å²) in [6, 6.07) is 8.63. The van der Waals surface area contributed by atoms with E-state index in [4.69, 9.17) is 4.74 Å². The average Bonchev–Trinajstić information content (AvgIpc) is 3.15. The molecule has 8 nitrogen and oxygen atoms in total. The minimum atomic E-state index is -1.24. The van der Waals surface area contributed by atoms with Gasteiger partial charge in [-0.2, -0.15) is 0 Å². The Bertz CT molecular complexity index is 1140. The molecule has 204 valence electrons. The van der Waals surface area contributed by atoms with Gasteiger partial charge >= 0.3 is 0 Å². The van der Waals surface area contributed by atoms with Crippen molar-refractivity contribution in [3.63, 3.8) is 0 Å². The van der Waals surface area contributed by atoms with Gasteiger partial charge in [-0.25, -0.2) is 0 Å². The second-order valence-electron chi connectivity index (χ2n) is 11.2. The van der Waals surface area contributed by atoms with Crippen molar-refractivity contribution >= 4 is 23.4 Å². The van der Waals surface area contributed by atoms with Crippen molar-refractivity contribution in [3.05, 3.63) is 54.6 Å². The molecule has 3 amide bonds. The minimum absolute atomic E-state index is 0.0123. The first-order valence-corrected chi connectivity index (χ1v) is 13.9. The number of aliphatic hydroxyl groups excluding tert-OH is 1. The summed E-state index contributed by atoms with van der Waals surface area (Å²) in [5.74, 6) is -2.13. The lowest BCUT2D eigenvalue weighted by Gasteiger charge is -2.38. The molecule has 2 saturated heterocycles. The Labute approximate surface area is 224 Å². The number of hydrogen-bond acceptors (Lipinski definition) is 5. The van der Waals surface area contributed by atoms with Gasteiger partial charge in [0.05, 0.1) is 17.4 Å². The second-order valence-corrected chi connectivity index (χ2v) is 11.2.